The molecule has 0 saturated carbocycles. The molecule has 5 rings (SSSR count). The number of rotatable bonds is 3. The Morgan fingerprint density at radius 1 is 1.03 bits per heavy atom. The van der Waals surface area contributed by atoms with Crippen LogP contribution in [-0.2, 0) is 0 Å². The van der Waals surface area contributed by atoms with Crippen LogP contribution < -0.4 is 18.9 Å². The highest BCUT2D eigenvalue weighted by Crippen LogP contribution is 2.39. The van der Waals surface area contributed by atoms with Gasteiger partial charge in [-0.25, -0.2) is 4.79 Å². The molecule has 7 heteroatoms. The topological polar surface area (TPSA) is 71.1 Å². The van der Waals surface area contributed by atoms with Gasteiger partial charge in [-0.05, 0) is 60.5 Å². The predicted octanol–water partition coefficient (Wildman–Crippen LogP) is 5.21. The van der Waals surface area contributed by atoms with Crippen molar-refractivity contribution in [3.8, 4) is 23.0 Å². The fourth-order valence-corrected chi connectivity index (χ4v) is 3.66. The smallest absolute Gasteiger partial charge is 0.343 e. The first-order valence-electron chi connectivity index (χ1n) is 9.44. The molecule has 3 aromatic carbocycles. The van der Waals surface area contributed by atoms with E-state index in [4.69, 9.17) is 30.5 Å². The minimum Gasteiger partial charge on any atom is -0.454 e. The van der Waals surface area contributed by atoms with Gasteiger partial charge in [0.2, 0.25) is 12.6 Å². The molecule has 0 radical (unpaired) electrons. The zero-order chi connectivity index (χ0) is 21.5. The predicted molar refractivity (Wildman–Crippen MR) is 113 cm³/mol. The van der Waals surface area contributed by atoms with Crippen LogP contribution >= 0.6 is 11.6 Å². The Morgan fingerprint density at radius 2 is 1.87 bits per heavy atom. The Kier molecular flexibility index (Phi) is 4.64. The van der Waals surface area contributed by atoms with Crippen LogP contribution in [0.15, 0.2) is 60.4 Å². The maximum atomic E-state index is 12.9. The third kappa shape index (κ3) is 3.62. The Labute approximate surface area is 182 Å². The van der Waals surface area contributed by atoms with Crippen molar-refractivity contribution < 1.29 is 28.5 Å². The minimum atomic E-state index is -0.553. The van der Waals surface area contributed by atoms with Crippen molar-refractivity contribution in [1.29, 1.82) is 0 Å². The number of carbonyl (C=O) groups excluding carboxylic acids is 2. The van der Waals surface area contributed by atoms with Crippen LogP contribution in [0.5, 0.6) is 23.0 Å². The van der Waals surface area contributed by atoms with Crippen LogP contribution in [0, 0.1) is 6.92 Å². The van der Waals surface area contributed by atoms with Gasteiger partial charge < -0.3 is 18.9 Å². The summed E-state index contributed by atoms with van der Waals surface area (Å²) in [6.07, 6.45) is 1.64. The van der Waals surface area contributed by atoms with Gasteiger partial charge >= 0.3 is 5.97 Å². The Bertz CT molecular complexity index is 1280. The molecule has 0 unspecified atom stereocenters. The van der Waals surface area contributed by atoms with Crippen LogP contribution in [0.1, 0.15) is 31.8 Å². The average Bonchev–Trinajstić information content (AvgIpc) is 3.32. The van der Waals surface area contributed by atoms with E-state index < -0.39 is 5.97 Å². The molecule has 0 N–H and O–H groups in total. The number of halogens is 1. The highest BCUT2D eigenvalue weighted by Gasteiger charge is 2.30. The van der Waals surface area contributed by atoms with Gasteiger partial charge in [0, 0.05) is 11.1 Å². The lowest BCUT2D eigenvalue weighted by molar-refractivity contribution is 0.0734. The molecule has 0 amide bonds. The number of hydrogen-bond acceptors (Lipinski definition) is 6. The van der Waals surface area contributed by atoms with Crippen LogP contribution in [0.25, 0.3) is 6.08 Å². The second-order valence-corrected chi connectivity index (χ2v) is 7.50. The van der Waals surface area contributed by atoms with E-state index in [1.807, 2.05) is 6.07 Å². The molecule has 3 aromatic rings. The zero-order valence-corrected chi connectivity index (χ0v) is 17.1. The van der Waals surface area contributed by atoms with Crippen molar-refractivity contribution in [1.82, 2.24) is 0 Å². The summed E-state index contributed by atoms with van der Waals surface area (Å²) in [6.45, 7) is 1.94. The molecule has 2 aliphatic rings. The summed E-state index contributed by atoms with van der Waals surface area (Å²) in [4.78, 5) is 25.3. The van der Waals surface area contributed by atoms with Crippen molar-refractivity contribution in [2.24, 2.45) is 0 Å². The number of fused-ring (bicyclic) bond motifs is 2. The van der Waals surface area contributed by atoms with Crippen LogP contribution in [0.2, 0.25) is 5.02 Å². The van der Waals surface area contributed by atoms with Crippen LogP contribution in [0.4, 0.5) is 0 Å². The Balaban J connectivity index is 1.41. The number of aryl methyl sites for hydroxylation is 1. The van der Waals surface area contributed by atoms with E-state index >= 15 is 0 Å². The summed E-state index contributed by atoms with van der Waals surface area (Å²) in [5.41, 5.74) is 2.15. The average molecular weight is 435 g/mol. The number of hydrogen-bond donors (Lipinski definition) is 0. The summed E-state index contributed by atoms with van der Waals surface area (Å²) in [5, 5.41) is 0.437. The van der Waals surface area contributed by atoms with Gasteiger partial charge in [-0.3, -0.25) is 4.79 Å². The molecular formula is C24H15ClO6. The van der Waals surface area contributed by atoms with E-state index in [2.05, 4.69) is 0 Å². The molecule has 6 nitrogen and oxygen atoms in total. The van der Waals surface area contributed by atoms with E-state index in [9.17, 15) is 9.59 Å². The summed E-state index contributed by atoms with van der Waals surface area (Å²) in [6, 6.07) is 15.0. The first kappa shape index (κ1) is 19.2. The van der Waals surface area contributed by atoms with Gasteiger partial charge in [-0.15, -0.1) is 0 Å². The van der Waals surface area contributed by atoms with Crippen molar-refractivity contribution in [2.75, 3.05) is 6.79 Å². The molecule has 0 bridgehead atoms. The van der Waals surface area contributed by atoms with Crippen molar-refractivity contribution in [2.45, 2.75) is 6.92 Å². The van der Waals surface area contributed by atoms with Gasteiger partial charge in [0.05, 0.1) is 11.1 Å². The molecule has 0 fully saturated rings. The van der Waals surface area contributed by atoms with Crippen LogP contribution in [0.3, 0.4) is 0 Å². The maximum absolute atomic E-state index is 12.9. The number of Topliss-reactive ketones (excluding diaryl/α,β-unsaturated/α-hetero) is 1. The Morgan fingerprint density at radius 3 is 2.71 bits per heavy atom. The lowest BCUT2D eigenvalue weighted by Crippen LogP contribution is -2.08. The van der Waals surface area contributed by atoms with Crippen molar-refractivity contribution in [3.05, 3.63) is 87.6 Å². The quantitative estimate of drug-likeness (QED) is 0.320. The van der Waals surface area contributed by atoms with Gasteiger partial charge in [0.15, 0.2) is 17.3 Å². The number of carbonyl (C=O) groups is 2. The number of allylic oxidation sites excluding steroid dienone is 1. The number of ether oxygens (including phenoxy) is 4. The van der Waals surface area contributed by atoms with Crippen molar-refractivity contribution >= 4 is 29.4 Å². The van der Waals surface area contributed by atoms with Gasteiger partial charge in [-0.2, -0.15) is 0 Å². The van der Waals surface area contributed by atoms with Crippen LogP contribution in [-0.4, -0.2) is 18.5 Å². The monoisotopic (exact) mass is 434 g/mol. The van der Waals surface area contributed by atoms with Gasteiger partial charge in [0.25, 0.3) is 0 Å². The second kappa shape index (κ2) is 7.49. The lowest BCUT2D eigenvalue weighted by Gasteiger charge is -2.08. The minimum absolute atomic E-state index is 0.173. The molecule has 0 saturated heterocycles. The molecule has 2 aliphatic heterocycles. The second-order valence-electron chi connectivity index (χ2n) is 7.07. The molecule has 0 aliphatic carbocycles. The SMILES string of the molecule is Cc1cc(OC(=O)c2cccc(Cl)c2)cc2c1C(=O)/C(=C/c1ccc3c(c1)OCO3)O2. The standard InChI is InChI=1S/C24H15ClO6/c1-13-7-17(30-24(27)15-3-2-4-16(25)10-15)11-20-22(13)23(26)21(31-20)9-14-5-6-18-19(8-14)29-12-28-18/h2-11H,12H2,1H3/b21-9-. The van der Waals surface area contributed by atoms with E-state index in [0.717, 1.165) is 5.56 Å². The van der Waals surface area contributed by atoms with E-state index in [1.165, 1.54) is 12.1 Å². The normalized spacial score (nSPS) is 15.0. The summed E-state index contributed by atoms with van der Waals surface area (Å²) >= 11 is 5.94. The molecule has 2 heterocycles. The summed E-state index contributed by atoms with van der Waals surface area (Å²) in [5.74, 6) is 1.27. The molecule has 31 heavy (non-hydrogen) atoms. The fraction of sp³-hybridized carbons (Fsp3) is 0.0833. The third-order valence-electron chi connectivity index (χ3n) is 4.91. The van der Waals surface area contributed by atoms with E-state index in [0.29, 0.717) is 39.0 Å². The largest absolute Gasteiger partial charge is 0.454 e. The number of ketones is 1. The maximum Gasteiger partial charge on any atom is 0.343 e. The zero-order valence-electron chi connectivity index (χ0n) is 16.3. The van der Waals surface area contributed by atoms with Gasteiger partial charge in [0.1, 0.15) is 11.5 Å². The fourth-order valence-electron chi connectivity index (χ4n) is 3.47. The highest BCUT2D eigenvalue weighted by atomic mass is 35.5. The molecule has 0 aromatic heterocycles. The molecular weight excluding hydrogens is 420 g/mol. The summed E-state index contributed by atoms with van der Waals surface area (Å²) in [7, 11) is 0. The first-order chi connectivity index (χ1) is 15.0. The van der Waals surface area contributed by atoms with E-state index in [-0.39, 0.29) is 24.1 Å². The summed E-state index contributed by atoms with van der Waals surface area (Å²) < 4.78 is 21.9. The number of esters is 1. The molecule has 154 valence electrons. The Hall–Kier alpha value is -3.77. The third-order valence-corrected chi connectivity index (χ3v) is 5.14. The van der Waals surface area contributed by atoms with E-state index in [1.54, 1.807) is 49.4 Å². The highest BCUT2D eigenvalue weighted by molar-refractivity contribution is 6.30. The number of benzene rings is 3. The molecule has 0 spiro atoms. The lowest BCUT2D eigenvalue weighted by atomic mass is 10.0. The first-order valence-corrected chi connectivity index (χ1v) is 9.82. The van der Waals surface area contributed by atoms with Crippen molar-refractivity contribution in [3.63, 3.8) is 0 Å². The molecule has 0 atom stereocenters. The van der Waals surface area contributed by atoms with Gasteiger partial charge in [-0.1, -0.05) is 23.7 Å².